The minimum absolute atomic E-state index is 0.124. The first kappa shape index (κ1) is 22.9. The molecule has 1 aromatic heterocycles. The van der Waals surface area contributed by atoms with Crippen LogP contribution in [0, 0.1) is 12.3 Å². The highest BCUT2D eigenvalue weighted by atomic mass is 35.5. The van der Waals surface area contributed by atoms with E-state index in [1.54, 1.807) is 19.1 Å². The average molecular weight is 496 g/mol. The van der Waals surface area contributed by atoms with Gasteiger partial charge in [-0.15, -0.1) is 0 Å². The Balaban J connectivity index is 1.70. The third-order valence-corrected chi connectivity index (χ3v) is 6.40. The van der Waals surface area contributed by atoms with E-state index >= 15 is 0 Å². The quantitative estimate of drug-likeness (QED) is 0.517. The van der Waals surface area contributed by atoms with Gasteiger partial charge in [-0.05, 0) is 50.1 Å². The molecule has 4 rings (SSSR count). The molecule has 32 heavy (non-hydrogen) atoms. The van der Waals surface area contributed by atoms with Gasteiger partial charge in [-0.2, -0.15) is 9.78 Å². The molecule has 7 nitrogen and oxygen atoms in total. The molecule has 2 heterocycles. The third kappa shape index (κ3) is 4.18. The molecule has 1 fully saturated rings. The van der Waals surface area contributed by atoms with Crippen molar-refractivity contribution in [3.8, 4) is 5.69 Å². The average Bonchev–Trinajstić information content (AvgIpc) is 3.15. The van der Waals surface area contributed by atoms with Crippen molar-refractivity contribution in [1.82, 2.24) is 19.4 Å². The van der Waals surface area contributed by atoms with Crippen LogP contribution in [0.15, 0.2) is 41.2 Å². The third-order valence-electron chi connectivity index (χ3n) is 5.38. The molecule has 10 heteroatoms. The van der Waals surface area contributed by atoms with Crippen molar-refractivity contribution in [2.75, 3.05) is 6.61 Å². The first-order chi connectivity index (χ1) is 15.1. The molecule has 1 saturated heterocycles. The molecule has 0 unspecified atom stereocenters. The van der Waals surface area contributed by atoms with Gasteiger partial charge >= 0.3 is 5.69 Å². The highest BCUT2D eigenvalue weighted by Crippen LogP contribution is 2.32. The van der Waals surface area contributed by atoms with Crippen LogP contribution in [0.2, 0.25) is 15.1 Å². The van der Waals surface area contributed by atoms with Gasteiger partial charge in [0.2, 0.25) is 0 Å². The van der Waals surface area contributed by atoms with Gasteiger partial charge in [-0.3, -0.25) is 14.2 Å². The number of aromatic nitrogens is 3. The van der Waals surface area contributed by atoms with E-state index in [9.17, 15) is 9.59 Å². The predicted octanol–water partition coefficient (Wildman–Crippen LogP) is 4.65. The molecular weight excluding hydrogens is 475 g/mol. The summed E-state index contributed by atoms with van der Waals surface area (Å²) in [7, 11) is 0. The molecule has 1 aliphatic heterocycles. The van der Waals surface area contributed by atoms with E-state index in [-0.39, 0.29) is 36.3 Å². The summed E-state index contributed by atoms with van der Waals surface area (Å²) in [6, 6.07) is 10.5. The van der Waals surface area contributed by atoms with Gasteiger partial charge < -0.3 is 0 Å². The highest BCUT2D eigenvalue weighted by molar-refractivity contribution is 6.36. The van der Waals surface area contributed by atoms with Crippen LogP contribution in [0.25, 0.3) is 5.69 Å². The summed E-state index contributed by atoms with van der Waals surface area (Å²) in [6.07, 6.45) is 0. The predicted molar refractivity (Wildman–Crippen MR) is 123 cm³/mol. The van der Waals surface area contributed by atoms with E-state index in [2.05, 4.69) is 5.10 Å². The van der Waals surface area contributed by atoms with Gasteiger partial charge in [0, 0.05) is 10.0 Å². The number of nitrogens with zero attached hydrogens (tertiary/aromatic N) is 4. The zero-order valence-electron chi connectivity index (χ0n) is 17.7. The van der Waals surface area contributed by atoms with E-state index in [0.29, 0.717) is 27.1 Å². The SMILES string of the molecule is Cc1nn(-c2cc(CN3OCC(C)(C)C3=O)c(Cl)cc2Cl)c(=O)n1Cc1ccccc1Cl. The summed E-state index contributed by atoms with van der Waals surface area (Å²) in [4.78, 5) is 31.2. The lowest BCUT2D eigenvalue weighted by Crippen LogP contribution is -2.30. The Bertz CT molecular complexity index is 1270. The van der Waals surface area contributed by atoms with Crippen LogP contribution < -0.4 is 5.69 Å². The molecule has 2 aromatic carbocycles. The fourth-order valence-corrected chi connectivity index (χ4v) is 4.18. The van der Waals surface area contributed by atoms with Crippen molar-refractivity contribution in [3.63, 3.8) is 0 Å². The molecule has 0 N–H and O–H groups in total. The summed E-state index contributed by atoms with van der Waals surface area (Å²) in [5.74, 6) is 0.365. The van der Waals surface area contributed by atoms with Gasteiger partial charge in [0.05, 0.1) is 35.8 Å². The van der Waals surface area contributed by atoms with Crippen LogP contribution in [0.4, 0.5) is 0 Å². The van der Waals surface area contributed by atoms with Crippen LogP contribution in [-0.2, 0) is 22.7 Å². The molecule has 0 saturated carbocycles. The standard InChI is InChI=1S/C22H21Cl3N4O3/c1-13-26-29(21(31)27(13)10-14-6-4-5-7-16(14)23)19-8-15(17(24)9-18(19)25)11-28-20(30)22(2,3)12-32-28/h4-9H,10-12H2,1-3H3. The zero-order chi connectivity index (χ0) is 23.2. The van der Waals surface area contributed by atoms with E-state index < -0.39 is 5.41 Å². The van der Waals surface area contributed by atoms with Crippen molar-refractivity contribution in [1.29, 1.82) is 0 Å². The second kappa shape index (κ2) is 8.56. The topological polar surface area (TPSA) is 69.4 Å². The Morgan fingerprint density at radius 2 is 1.72 bits per heavy atom. The van der Waals surface area contributed by atoms with E-state index in [1.807, 2.05) is 32.0 Å². The second-order valence-electron chi connectivity index (χ2n) is 8.31. The van der Waals surface area contributed by atoms with Crippen molar-refractivity contribution < 1.29 is 9.63 Å². The Morgan fingerprint density at radius 1 is 1.00 bits per heavy atom. The maximum Gasteiger partial charge on any atom is 0.351 e. The Labute approximate surface area is 200 Å². The van der Waals surface area contributed by atoms with Gasteiger partial charge in [-0.25, -0.2) is 9.86 Å². The lowest BCUT2D eigenvalue weighted by atomic mass is 9.95. The van der Waals surface area contributed by atoms with Crippen LogP contribution in [0.5, 0.6) is 0 Å². The monoisotopic (exact) mass is 494 g/mol. The minimum Gasteiger partial charge on any atom is -0.274 e. The largest absolute Gasteiger partial charge is 0.351 e. The normalized spacial score (nSPS) is 15.6. The Kier molecular flexibility index (Phi) is 6.11. The van der Waals surface area contributed by atoms with E-state index in [4.69, 9.17) is 39.6 Å². The van der Waals surface area contributed by atoms with Gasteiger partial charge in [0.25, 0.3) is 5.91 Å². The molecule has 3 aromatic rings. The Morgan fingerprint density at radius 3 is 2.38 bits per heavy atom. The molecular formula is C22H21Cl3N4O3. The number of hydroxylamine groups is 2. The number of benzene rings is 2. The van der Waals surface area contributed by atoms with E-state index in [1.165, 1.54) is 20.4 Å². The summed E-state index contributed by atoms with van der Waals surface area (Å²) >= 11 is 19.1. The van der Waals surface area contributed by atoms with Crippen molar-refractivity contribution >= 4 is 40.7 Å². The first-order valence-electron chi connectivity index (χ1n) is 9.91. The lowest BCUT2D eigenvalue weighted by molar-refractivity contribution is -0.165. The van der Waals surface area contributed by atoms with Gasteiger partial charge in [0.1, 0.15) is 5.82 Å². The summed E-state index contributed by atoms with van der Waals surface area (Å²) < 4.78 is 2.74. The molecule has 0 aliphatic carbocycles. The fourth-order valence-electron chi connectivity index (χ4n) is 3.46. The number of carbonyl (C=O) groups is 1. The number of hydrogen-bond donors (Lipinski definition) is 0. The molecule has 0 radical (unpaired) electrons. The number of hydrogen-bond acceptors (Lipinski definition) is 4. The molecule has 0 bridgehead atoms. The maximum absolute atomic E-state index is 13.2. The van der Waals surface area contributed by atoms with Crippen LogP contribution in [0.1, 0.15) is 30.8 Å². The summed E-state index contributed by atoms with van der Waals surface area (Å²) in [5.41, 5.74) is 0.777. The lowest BCUT2D eigenvalue weighted by Gasteiger charge is -2.18. The van der Waals surface area contributed by atoms with Crippen LogP contribution in [-0.4, -0.2) is 31.9 Å². The Hall–Kier alpha value is -2.32. The molecule has 168 valence electrons. The number of carbonyl (C=O) groups excluding carboxylic acids is 1. The van der Waals surface area contributed by atoms with Crippen molar-refractivity contribution in [2.24, 2.45) is 5.41 Å². The number of rotatable bonds is 5. The van der Waals surface area contributed by atoms with Gasteiger partial charge in [-0.1, -0.05) is 53.0 Å². The molecule has 0 atom stereocenters. The molecule has 1 aliphatic rings. The molecule has 1 amide bonds. The highest BCUT2D eigenvalue weighted by Gasteiger charge is 2.40. The fraction of sp³-hybridized carbons (Fsp3) is 0.318. The van der Waals surface area contributed by atoms with Gasteiger partial charge in [0.15, 0.2) is 0 Å². The van der Waals surface area contributed by atoms with Crippen LogP contribution >= 0.6 is 34.8 Å². The van der Waals surface area contributed by atoms with E-state index in [0.717, 1.165) is 5.56 Å². The summed E-state index contributed by atoms with van der Waals surface area (Å²) in [5, 5.41) is 6.86. The van der Waals surface area contributed by atoms with Crippen LogP contribution in [0.3, 0.4) is 0 Å². The maximum atomic E-state index is 13.2. The molecule has 0 spiro atoms. The number of aryl methyl sites for hydroxylation is 1. The number of amides is 1. The second-order valence-corrected chi connectivity index (χ2v) is 9.53. The zero-order valence-corrected chi connectivity index (χ0v) is 20.0. The number of halogens is 3. The summed E-state index contributed by atoms with van der Waals surface area (Å²) in [6.45, 7) is 6.05. The van der Waals surface area contributed by atoms with Crippen molar-refractivity contribution in [3.05, 3.63) is 78.9 Å². The minimum atomic E-state index is -0.604. The smallest absolute Gasteiger partial charge is 0.274 e. The van der Waals surface area contributed by atoms with Crippen molar-refractivity contribution in [2.45, 2.75) is 33.9 Å². The first-order valence-corrected chi connectivity index (χ1v) is 11.0.